The van der Waals surface area contributed by atoms with Crippen molar-refractivity contribution in [2.75, 3.05) is 38.1 Å². The Hall–Kier alpha value is -1.50. The van der Waals surface area contributed by atoms with Crippen molar-refractivity contribution in [2.45, 2.75) is 57.4 Å². The summed E-state index contributed by atoms with van der Waals surface area (Å²) in [5.74, 6) is -0.235. The molecule has 3 aliphatic rings. The molecular formula is C23H33Cl2N3O3. The molecule has 4 rings (SSSR count). The van der Waals surface area contributed by atoms with E-state index in [9.17, 15) is 9.59 Å². The minimum absolute atomic E-state index is 0. The lowest BCUT2D eigenvalue weighted by Crippen LogP contribution is -2.41. The molecule has 2 heterocycles. The van der Waals surface area contributed by atoms with Gasteiger partial charge in [0.15, 0.2) is 0 Å². The maximum Gasteiger partial charge on any atom is 0.324 e. The van der Waals surface area contributed by atoms with Gasteiger partial charge in [-0.3, -0.25) is 9.69 Å². The number of fused-ring (bicyclic) bond motifs is 1. The molecule has 31 heavy (non-hydrogen) atoms. The van der Waals surface area contributed by atoms with Crippen LogP contribution in [0.5, 0.6) is 0 Å². The number of likely N-dealkylation sites (N-methyl/N-ethyl adjacent to an activating group) is 1. The van der Waals surface area contributed by atoms with E-state index in [1.807, 2.05) is 15.9 Å². The highest BCUT2D eigenvalue weighted by atomic mass is 35.5. The van der Waals surface area contributed by atoms with E-state index in [2.05, 4.69) is 18.0 Å². The lowest BCUT2D eigenvalue weighted by Gasteiger charge is -2.34. The van der Waals surface area contributed by atoms with Crippen molar-refractivity contribution >= 4 is 41.7 Å². The Morgan fingerprint density at radius 1 is 1.10 bits per heavy atom. The number of carboxylic acids is 1. The molecule has 1 aliphatic carbocycles. The van der Waals surface area contributed by atoms with Gasteiger partial charge in [-0.2, -0.15) is 0 Å². The van der Waals surface area contributed by atoms with Gasteiger partial charge < -0.3 is 14.9 Å². The van der Waals surface area contributed by atoms with Gasteiger partial charge in [0.2, 0.25) is 0 Å². The van der Waals surface area contributed by atoms with Crippen molar-refractivity contribution in [1.82, 2.24) is 9.80 Å². The first kappa shape index (κ1) is 24.1. The minimum atomic E-state index is -0.714. The van der Waals surface area contributed by atoms with Gasteiger partial charge in [0.1, 0.15) is 0 Å². The smallest absolute Gasteiger partial charge is 0.324 e. The van der Waals surface area contributed by atoms with Crippen LogP contribution in [0.15, 0.2) is 12.1 Å². The fraction of sp³-hybridized carbons (Fsp3) is 0.652. The zero-order valence-corrected chi connectivity index (χ0v) is 19.8. The van der Waals surface area contributed by atoms with Gasteiger partial charge in [-0.25, -0.2) is 4.79 Å². The molecule has 0 bridgehead atoms. The number of nitrogens with zero attached hydrogens (tertiary/aromatic N) is 3. The Balaban J connectivity index is 0.00000272. The van der Waals surface area contributed by atoms with Crippen molar-refractivity contribution < 1.29 is 14.7 Å². The lowest BCUT2D eigenvalue weighted by molar-refractivity contribution is -0.137. The van der Waals surface area contributed by atoms with E-state index in [4.69, 9.17) is 16.7 Å². The lowest BCUT2D eigenvalue weighted by atomic mass is 9.83. The first-order valence-electron chi connectivity index (χ1n) is 11.2. The minimum Gasteiger partial charge on any atom is -0.481 e. The fourth-order valence-corrected chi connectivity index (χ4v) is 5.60. The molecule has 2 fully saturated rings. The molecule has 2 aliphatic heterocycles. The number of carboxylic acid groups (broad SMARTS) is 1. The van der Waals surface area contributed by atoms with Crippen LogP contribution in [0, 0.1) is 5.92 Å². The standard InChI is InChI=1S/C23H32ClN3O3.ClH/c1-25-10-8-17-14-19(15-21(24)20(17)9-11-25)27-13-12-26(23(27)30)18-5-2-16(3-6-18)4-7-22(28)29;/h14-16,18H,2-13H2,1H3,(H,28,29);1H. The first-order valence-corrected chi connectivity index (χ1v) is 11.6. The van der Waals surface area contributed by atoms with Gasteiger partial charge >= 0.3 is 12.0 Å². The van der Waals surface area contributed by atoms with Gasteiger partial charge in [-0.1, -0.05) is 11.6 Å². The highest BCUT2D eigenvalue weighted by Crippen LogP contribution is 2.35. The molecule has 0 spiro atoms. The van der Waals surface area contributed by atoms with E-state index in [0.29, 0.717) is 12.5 Å². The van der Waals surface area contributed by atoms with E-state index in [0.717, 1.165) is 75.3 Å². The normalized spacial score (nSPS) is 24.5. The summed E-state index contributed by atoms with van der Waals surface area (Å²) >= 11 is 6.63. The van der Waals surface area contributed by atoms with Crippen molar-refractivity contribution in [3.63, 3.8) is 0 Å². The van der Waals surface area contributed by atoms with Crippen LogP contribution in [0.2, 0.25) is 5.02 Å². The van der Waals surface area contributed by atoms with E-state index in [-0.39, 0.29) is 30.9 Å². The number of hydrogen-bond acceptors (Lipinski definition) is 3. The van der Waals surface area contributed by atoms with Crippen LogP contribution in [0.4, 0.5) is 10.5 Å². The molecule has 0 atom stereocenters. The number of amides is 2. The van der Waals surface area contributed by atoms with Gasteiger partial charge in [0.05, 0.1) is 0 Å². The largest absolute Gasteiger partial charge is 0.481 e. The third-order valence-corrected chi connectivity index (χ3v) is 7.49. The number of hydrogen-bond donors (Lipinski definition) is 1. The van der Waals surface area contributed by atoms with E-state index in [1.54, 1.807) is 0 Å². The van der Waals surface area contributed by atoms with E-state index in [1.165, 1.54) is 11.1 Å². The summed E-state index contributed by atoms with van der Waals surface area (Å²) in [5, 5.41) is 9.67. The number of carbonyl (C=O) groups is 2. The maximum atomic E-state index is 13.2. The summed E-state index contributed by atoms with van der Waals surface area (Å²) in [6.07, 6.45) is 6.90. The first-order chi connectivity index (χ1) is 14.4. The third-order valence-electron chi connectivity index (χ3n) is 7.16. The van der Waals surface area contributed by atoms with Crippen molar-refractivity contribution in [1.29, 1.82) is 0 Å². The molecular weight excluding hydrogens is 437 g/mol. The molecule has 0 radical (unpaired) electrons. The molecule has 0 aromatic heterocycles. The van der Waals surface area contributed by atoms with E-state index < -0.39 is 5.97 Å². The molecule has 0 unspecified atom stereocenters. The second-order valence-corrected chi connectivity index (χ2v) is 9.51. The summed E-state index contributed by atoms with van der Waals surface area (Å²) in [6.45, 7) is 3.48. The van der Waals surface area contributed by atoms with Crippen LogP contribution < -0.4 is 4.90 Å². The van der Waals surface area contributed by atoms with Crippen LogP contribution in [0.3, 0.4) is 0 Å². The number of benzene rings is 1. The van der Waals surface area contributed by atoms with Crippen LogP contribution in [-0.4, -0.2) is 66.2 Å². The SMILES string of the molecule is CN1CCc2cc(N3CCN(C4CCC(CCC(=O)O)CC4)C3=O)cc(Cl)c2CC1.Cl. The van der Waals surface area contributed by atoms with Gasteiger partial charge in [0, 0.05) is 49.4 Å². The summed E-state index contributed by atoms with van der Waals surface area (Å²) in [7, 11) is 2.14. The highest BCUT2D eigenvalue weighted by Gasteiger charge is 2.36. The second kappa shape index (κ2) is 10.4. The van der Waals surface area contributed by atoms with Crippen molar-refractivity contribution in [2.24, 2.45) is 5.92 Å². The molecule has 2 amide bonds. The molecule has 1 aromatic carbocycles. The predicted molar refractivity (Wildman–Crippen MR) is 126 cm³/mol. The maximum absolute atomic E-state index is 13.2. The Bertz CT molecular complexity index is 812. The van der Waals surface area contributed by atoms with Crippen LogP contribution in [0.25, 0.3) is 0 Å². The van der Waals surface area contributed by atoms with Crippen molar-refractivity contribution in [3.05, 3.63) is 28.3 Å². The molecule has 8 heteroatoms. The number of rotatable bonds is 5. The predicted octanol–water partition coefficient (Wildman–Crippen LogP) is 4.46. The van der Waals surface area contributed by atoms with Gasteiger partial charge in [-0.15, -0.1) is 12.4 Å². The summed E-state index contributed by atoms with van der Waals surface area (Å²) in [5.41, 5.74) is 3.42. The number of halogens is 2. The highest BCUT2D eigenvalue weighted by molar-refractivity contribution is 6.31. The zero-order chi connectivity index (χ0) is 21.3. The molecule has 1 N–H and O–H groups in total. The average Bonchev–Trinajstić information content (AvgIpc) is 3.00. The summed E-state index contributed by atoms with van der Waals surface area (Å²) < 4.78 is 0. The van der Waals surface area contributed by atoms with Gasteiger partial charge in [-0.05, 0) is 81.2 Å². The number of carbonyl (C=O) groups excluding carboxylic acids is 1. The fourth-order valence-electron chi connectivity index (χ4n) is 5.27. The molecule has 1 saturated carbocycles. The van der Waals surface area contributed by atoms with E-state index >= 15 is 0 Å². The molecule has 1 saturated heterocycles. The van der Waals surface area contributed by atoms with Crippen LogP contribution >= 0.6 is 24.0 Å². The quantitative estimate of drug-likeness (QED) is 0.691. The molecule has 1 aromatic rings. The Morgan fingerprint density at radius 3 is 2.52 bits per heavy atom. The Kier molecular flexibility index (Phi) is 8.11. The summed E-state index contributed by atoms with van der Waals surface area (Å²) in [6, 6.07) is 4.50. The van der Waals surface area contributed by atoms with Crippen LogP contribution in [0.1, 0.15) is 49.7 Å². The number of anilines is 1. The monoisotopic (exact) mass is 469 g/mol. The summed E-state index contributed by atoms with van der Waals surface area (Å²) in [4.78, 5) is 30.3. The second-order valence-electron chi connectivity index (χ2n) is 9.10. The zero-order valence-electron chi connectivity index (χ0n) is 18.2. The average molecular weight is 470 g/mol. The Labute approximate surface area is 195 Å². The molecule has 172 valence electrons. The third kappa shape index (κ3) is 5.47. The Morgan fingerprint density at radius 2 is 1.81 bits per heavy atom. The number of aliphatic carboxylic acids is 1. The van der Waals surface area contributed by atoms with Crippen LogP contribution in [-0.2, 0) is 17.6 Å². The van der Waals surface area contributed by atoms with Crippen molar-refractivity contribution in [3.8, 4) is 0 Å². The number of urea groups is 1. The topological polar surface area (TPSA) is 64.1 Å². The molecule has 6 nitrogen and oxygen atoms in total. The van der Waals surface area contributed by atoms with Gasteiger partial charge in [0.25, 0.3) is 0 Å².